The van der Waals surface area contributed by atoms with Gasteiger partial charge >= 0.3 is 0 Å². The molecule has 1 atom stereocenters. The van der Waals surface area contributed by atoms with Gasteiger partial charge < -0.3 is 4.90 Å². The van der Waals surface area contributed by atoms with Crippen LogP contribution in [0.4, 0.5) is 0 Å². The summed E-state index contributed by atoms with van der Waals surface area (Å²) in [6.45, 7) is 0.891. The van der Waals surface area contributed by atoms with E-state index < -0.39 is 10.0 Å². The Hall–Kier alpha value is -2.18. The molecule has 27 heavy (non-hydrogen) atoms. The minimum absolute atomic E-state index is 0.0290. The van der Waals surface area contributed by atoms with E-state index in [1.165, 1.54) is 5.56 Å². The van der Waals surface area contributed by atoms with Gasteiger partial charge in [0.15, 0.2) is 0 Å². The van der Waals surface area contributed by atoms with Crippen LogP contribution in [0.5, 0.6) is 0 Å². The lowest BCUT2D eigenvalue weighted by atomic mass is 10.0. The molecule has 1 fully saturated rings. The number of aryl methyl sites for hydroxylation is 1. The van der Waals surface area contributed by atoms with Gasteiger partial charge in [-0.2, -0.15) is 0 Å². The number of amides is 1. The molecular weight excluding hydrogens is 360 g/mol. The second-order valence-electron chi connectivity index (χ2n) is 6.87. The predicted molar refractivity (Wildman–Crippen MR) is 106 cm³/mol. The Morgan fingerprint density at radius 2 is 1.70 bits per heavy atom. The number of carbonyl (C=O) groups is 1. The van der Waals surface area contributed by atoms with Crippen molar-refractivity contribution in [3.63, 3.8) is 0 Å². The van der Waals surface area contributed by atoms with E-state index in [4.69, 9.17) is 0 Å². The molecule has 0 saturated carbocycles. The number of hydrogen-bond acceptors (Lipinski definition) is 3. The van der Waals surface area contributed by atoms with Gasteiger partial charge in [0.25, 0.3) is 0 Å². The van der Waals surface area contributed by atoms with Crippen LogP contribution in [-0.2, 0) is 21.2 Å². The van der Waals surface area contributed by atoms with Crippen LogP contribution in [0.25, 0.3) is 0 Å². The molecule has 6 heteroatoms. The summed E-state index contributed by atoms with van der Waals surface area (Å²) < 4.78 is 27.0. The van der Waals surface area contributed by atoms with Crippen LogP contribution < -0.4 is 4.72 Å². The lowest BCUT2D eigenvalue weighted by Crippen LogP contribution is -2.38. The zero-order valence-corrected chi connectivity index (χ0v) is 16.2. The average Bonchev–Trinajstić information content (AvgIpc) is 3.16. The highest BCUT2D eigenvalue weighted by Gasteiger charge is 2.28. The second-order valence-corrected chi connectivity index (χ2v) is 8.64. The fourth-order valence-electron chi connectivity index (χ4n) is 3.56. The Morgan fingerprint density at radius 1 is 1.04 bits per heavy atom. The normalized spacial score (nSPS) is 17.2. The first-order valence-corrected chi connectivity index (χ1v) is 10.9. The molecular formula is C21H26N2O3S. The van der Waals surface area contributed by atoms with Gasteiger partial charge in [0.1, 0.15) is 0 Å². The third kappa shape index (κ3) is 5.40. The van der Waals surface area contributed by atoms with E-state index >= 15 is 0 Å². The summed E-state index contributed by atoms with van der Waals surface area (Å²) in [6.07, 6.45) is 4.13. The number of nitrogens with zero attached hydrogens (tertiary/aromatic N) is 1. The topological polar surface area (TPSA) is 66.5 Å². The molecule has 1 N–H and O–H groups in total. The highest BCUT2D eigenvalue weighted by molar-refractivity contribution is 7.89. The zero-order valence-electron chi connectivity index (χ0n) is 15.4. The van der Waals surface area contributed by atoms with E-state index in [2.05, 4.69) is 16.9 Å². The number of sulfonamides is 1. The molecule has 1 aliphatic rings. The Kier molecular flexibility index (Phi) is 6.63. The van der Waals surface area contributed by atoms with E-state index in [0.29, 0.717) is 0 Å². The second kappa shape index (κ2) is 9.15. The lowest BCUT2D eigenvalue weighted by Gasteiger charge is -2.25. The first-order chi connectivity index (χ1) is 13.1. The van der Waals surface area contributed by atoms with Crippen molar-refractivity contribution in [1.29, 1.82) is 0 Å². The van der Waals surface area contributed by atoms with Crippen molar-refractivity contribution in [2.24, 2.45) is 0 Å². The maximum Gasteiger partial charge on any atom is 0.240 e. The van der Waals surface area contributed by atoms with Gasteiger partial charge in [-0.3, -0.25) is 4.79 Å². The van der Waals surface area contributed by atoms with E-state index in [9.17, 15) is 13.2 Å². The van der Waals surface area contributed by atoms with Gasteiger partial charge in [0.05, 0.1) is 4.90 Å². The number of nitrogens with one attached hydrogen (secondary N) is 1. The molecule has 1 unspecified atom stereocenters. The Balaban J connectivity index is 1.48. The summed E-state index contributed by atoms with van der Waals surface area (Å²) in [5.74, 6) is 0.0290. The summed E-state index contributed by atoms with van der Waals surface area (Å²) >= 11 is 0. The third-order valence-corrected chi connectivity index (χ3v) is 6.47. The number of hydrogen-bond donors (Lipinski definition) is 1. The number of benzene rings is 2. The van der Waals surface area contributed by atoms with Gasteiger partial charge in [0.2, 0.25) is 15.9 Å². The lowest BCUT2D eigenvalue weighted by molar-refractivity contribution is -0.131. The first-order valence-electron chi connectivity index (χ1n) is 9.44. The summed E-state index contributed by atoms with van der Waals surface area (Å²) in [7, 11) is -3.56. The largest absolute Gasteiger partial charge is 0.340 e. The van der Waals surface area contributed by atoms with Crippen molar-refractivity contribution >= 4 is 15.9 Å². The summed E-state index contributed by atoms with van der Waals surface area (Å²) in [4.78, 5) is 14.7. The van der Waals surface area contributed by atoms with Crippen LogP contribution in [0.15, 0.2) is 65.6 Å². The summed E-state index contributed by atoms with van der Waals surface area (Å²) in [5, 5.41) is 0. The van der Waals surface area contributed by atoms with E-state index in [-0.39, 0.29) is 29.8 Å². The molecule has 0 aliphatic carbocycles. The molecule has 3 rings (SSSR count). The van der Waals surface area contributed by atoms with Crippen molar-refractivity contribution in [2.45, 2.75) is 43.0 Å². The molecule has 2 aromatic carbocycles. The molecule has 0 radical (unpaired) electrons. The van der Waals surface area contributed by atoms with Gasteiger partial charge in [-0.05, 0) is 43.4 Å². The van der Waals surface area contributed by atoms with Gasteiger partial charge in [-0.25, -0.2) is 13.1 Å². The van der Waals surface area contributed by atoms with Crippen LogP contribution in [0.2, 0.25) is 0 Å². The van der Waals surface area contributed by atoms with Crippen molar-refractivity contribution < 1.29 is 13.2 Å². The van der Waals surface area contributed by atoms with Crippen LogP contribution >= 0.6 is 0 Å². The van der Waals surface area contributed by atoms with E-state index in [1.54, 1.807) is 30.3 Å². The van der Waals surface area contributed by atoms with Crippen LogP contribution in [0.1, 0.15) is 31.2 Å². The van der Waals surface area contributed by atoms with E-state index in [1.807, 2.05) is 23.1 Å². The molecule has 1 saturated heterocycles. The highest BCUT2D eigenvalue weighted by Crippen LogP contribution is 2.22. The van der Waals surface area contributed by atoms with Gasteiger partial charge in [-0.1, -0.05) is 48.5 Å². The molecule has 1 aliphatic heterocycles. The maximum absolute atomic E-state index is 12.6. The minimum atomic E-state index is -3.56. The fourth-order valence-corrected chi connectivity index (χ4v) is 4.61. The Morgan fingerprint density at radius 3 is 2.41 bits per heavy atom. The van der Waals surface area contributed by atoms with Crippen molar-refractivity contribution in [1.82, 2.24) is 9.62 Å². The van der Waals surface area contributed by atoms with Crippen molar-refractivity contribution in [3.05, 3.63) is 66.2 Å². The molecule has 144 valence electrons. The first kappa shape index (κ1) is 19.6. The monoisotopic (exact) mass is 386 g/mol. The zero-order chi connectivity index (χ0) is 19.1. The third-order valence-electron chi connectivity index (χ3n) is 4.99. The molecule has 0 aromatic heterocycles. The molecule has 0 spiro atoms. The molecule has 2 aromatic rings. The van der Waals surface area contributed by atoms with Crippen LogP contribution in [-0.4, -0.2) is 38.4 Å². The molecule has 1 amide bonds. The SMILES string of the molecule is O=C(CCNS(=O)(=O)c1ccccc1)N1CCCC1CCc1ccccc1. The highest BCUT2D eigenvalue weighted by atomic mass is 32.2. The van der Waals surface area contributed by atoms with Crippen molar-refractivity contribution in [2.75, 3.05) is 13.1 Å². The predicted octanol–water partition coefficient (Wildman–Crippen LogP) is 2.98. The van der Waals surface area contributed by atoms with Gasteiger partial charge in [-0.15, -0.1) is 0 Å². The summed E-state index contributed by atoms with van der Waals surface area (Å²) in [6, 6.07) is 18.8. The standard InChI is InChI=1S/C21H26N2O3S/c24-21(15-16-22-27(25,26)20-11-5-2-6-12-20)23-17-7-10-19(23)14-13-18-8-3-1-4-9-18/h1-6,8-9,11-12,19,22H,7,10,13-17H2. The number of rotatable bonds is 8. The number of likely N-dealkylation sites (tertiary alicyclic amines) is 1. The minimum Gasteiger partial charge on any atom is -0.340 e. The van der Waals surface area contributed by atoms with E-state index in [0.717, 1.165) is 32.2 Å². The van der Waals surface area contributed by atoms with Crippen molar-refractivity contribution in [3.8, 4) is 0 Å². The average molecular weight is 387 g/mol. The Labute approximate surface area is 161 Å². The smallest absolute Gasteiger partial charge is 0.240 e. The quantitative estimate of drug-likeness (QED) is 0.758. The maximum atomic E-state index is 12.6. The Bertz CT molecular complexity index is 838. The van der Waals surface area contributed by atoms with Crippen LogP contribution in [0, 0.1) is 0 Å². The van der Waals surface area contributed by atoms with Crippen LogP contribution in [0.3, 0.4) is 0 Å². The summed E-state index contributed by atoms with van der Waals surface area (Å²) in [5.41, 5.74) is 1.28. The van der Waals surface area contributed by atoms with Gasteiger partial charge in [0, 0.05) is 25.6 Å². The number of carbonyl (C=O) groups excluding carboxylic acids is 1. The molecule has 0 bridgehead atoms. The molecule has 5 nitrogen and oxygen atoms in total. The fraction of sp³-hybridized carbons (Fsp3) is 0.381. The molecule has 1 heterocycles.